The zero-order valence-electron chi connectivity index (χ0n) is 7.37. The summed E-state index contributed by atoms with van der Waals surface area (Å²) < 4.78 is 5.62. The van der Waals surface area contributed by atoms with E-state index in [0.717, 1.165) is 28.5 Å². The maximum absolute atomic E-state index is 5.62. The van der Waals surface area contributed by atoms with Gasteiger partial charge in [-0.3, -0.25) is 0 Å². The van der Waals surface area contributed by atoms with Gasteiger partial charge in [-0.25, -0.2) is 0 Å². The molecule has 2 heteroatoms. The third-order valence-corrected chi connectivity index (χ3v) is 5.57. The molecule has 3 aliphatic rings. The van der Waals surface area contributed by atoms with Crippen molar-refractivity contribution in [3.63, 3.8) is 0 Å². The van der Waals surface area contributed by atoms with Crippen molar-refractivity contribution < 1.29 is 4.74 Å². The molecule has 3 saturated carbocycles. The summed E-state index contributed by atoms with van der Waals surface area (Å²) in [5, 5.41) is 0. The van der Waals surface area contributed by atoms with Crippen molar-refractivity contribution in [1.82, 2.24) is 0 Å². The van der Waals surface area contributed by atoms with Gasteiger partial charge in [0.1, 0.15) is 0 Å². The van der Waals surface area contributed by atoms with E-state index >= 15 is 0 Å². The number of hydrogen-bond acceptors (Lipinski definition) is 1. The molecule has 0 spiro atoms. The van der Waals surface area contributed by atoms with Crippen molar-refractivity contribution in [3.05, 3.63) is 0 Å². The second-order valence-electron chi connectivity index (χ2n) is 4.61. The molecule has 0 heterocycles. The third kappa shape index (κ3) is 0.832. The van der Waals surface area contributed by atoms with Crippen molar-refractivity contribution in [2.75, 3.05) is 7.11 Å². The Labute approximate surface area is 82.0 Å². The highest BCUT2D eigenvalue weighted by Gasteiger charge is 2.60. The first-order chi connectivity index (χ1) is 5.83. The minimum Gasteiger partial charge on any atom is -0.381 e. The van der Waals surface area contributed by atoms with Gasteiger partial charge in [0.15, 0.2) is 0 Å². The molecule has 68 valence electrons. The molecule has 3 rings (SSSR count). The van der Waals surface area contributed by atoms with E-state index in [1.807, 2.05) is 7.11 Å². The fourth-order valence-corrected chi connectivity index (χ4v) is 4.81. The van der Waals surface area contributed by atoms with Gasteiger partial charge < -0.3 is 4.74 Å². The van der Waals surface area contributed by atoms with Gasteiger partial charge in [-0.1, -0.05) is 15.9 Å². The number of halogens is 1. The smallest absolute Gasteiger partial charge is 0.0641 e. The van der Waals surface area contributed by atoms with Crippen LogP contribution in [0.3, 0.4) is 0 Å². The summed E-state index contributed by atoms with van der Waals surface area (Å²) in [4.78, 5) is 0.770. The SMILES string of the molecule is CO[C@H]1[C@H]2C[C@H]2[C@H]2CC[C@@H]1C2Br. The fourth-order valence-electron chi connectivity index (χ4n) is 3.59. The lowest BCUT2D eigenvalue weighted by Crippen LogP contribution is -2.35. The summed E-state index contributed by atoms with van der Waals surface area (Å²) in [5.41, 5.74) is 0. The van der Waals surface area contributed by atoms with Gasteiger partial charge in [-0.2, -0.15) is 0 Å². The van der Waals surface area contributed by atoms with Crippen molar-refractivity contribution in [2.45, 2.75) is 30.2 Å². The van der Waals surface area contributed by atoms with Crippen LogP contribution in [0.15, 0.2) is 0 Å². The van der Waals surface area contributed by atoms with Gasteiger partial charge in [0.05, 0.1) is 6.10 Å². The standard InChI is InChI=1S/C10H15BrO/c1-12-10-6-3-2-5(9(6)11)7-4-8(7)10/h5-10H,2-4H2,1H3/t5-,6-,7+,8+,9?,10-/m1/s1. The maximum atomic E-state index is 5.62. The molecule has 0 amide bonds. The average Bonchev–Trinajstić information content (AvgIpc) is 2.75. The number of methoxy groups -OCH3 is 1. The minimum absolute atomic E-state index is 0.582. The molecule has 0 aromatic carbocycles. The van der Waals surface area contributed by atoms with E-state index in [0.29, 0.717) is 6.10 Å². The molecule has 2 bridgehead atoms. The van der Waals surface area contributed by atoms with Gasteiger partial charge in [0.25, 0.3) is 0 Å². The molecule has 0 radical (unpaired) electrons. The lowest BCUT2D eigenvalue weighted by atomic mass is 9.87. The zero-order chi connectivity index (χ0) is 8.29. The summed E-state index contributed by atoms with van der Waals surface area (Å²) in [6.45, 7) is 0. The molecule has 0 saturated heterocycles. The van der Waals surface area contributed by atoms with E-state index in [4.69, 9.17) is 4.74 Å². The van der Waals surface area contributed by atoms with Gasteiger partial charge in [0.2, 0.25) is 0 Å². The number of ether oxygens (including phenoxy) is 1. The Morgan fingerprint density at radius 1 is 1.08 bits per heavy atom. The van der Waals surface area contributed by atoms with Crippen LogP contribution in [0, 0.1) is 23.7 Å². The van der Waals surface area contributed by atoms with Gasteiger partial charge in [0, 0.05) is 11.9 Å². The van der Waals surface area contributed by atoms with Crippen LogP contribution in [0.1, 0.15) is 19.3 Å². The van der Waals surface area contributed by atoms with E-state index in [-0.39, 0.29) is 0 Å². The number of alkyl halides is 1. The van der Waals surface area contributed by atoms with Gasteiger partial charge in [-0.15, -0.1) is 0 Å². The van der Waals surface area contributed by atoms with Gasteiger partial charge >= 0.3 is 0 Å². The highest BCUT2D eigenvalue weighted by atomic mass is 79.9. The van der Waals surface area contributed by atoms with Crippen molar-refractivity contribution in [2.24, 2.45) is 23.7 Å². The van der Waals surface area contributed by atoms with Crippen LogP contribution < -0.4 is 0 Å². The normalized spacial score (nSPS) is 61.5. The summed E-state index contributed by atoms with van der Waals surface area (Å²) in [7, 11) is 1.89. The molecular weight excluding hydrogens is 216 g/mol. The van der Waals surface area contributed by atoms with Crippen molar-refractivity contribution >= 4 is 15.9 Å². The molecule has 3 aliphatic carbocycles. The summed E-state index contributed by atoms with van der Waals surface area (Å²) in [6, 6.07) is 0. The number of hydrogen-bond donors (Lipinski definition) is 0. The average molecular weight is 231 g/mol. The van der Waals surface area contributed by atoms with Gasteiger partial charge in [-0.05, 0) is 42.9 Å². The van der Waals surface area contributed by atoms with E-state index in [1.165, 1.54) is 19.3 Å². The largest absolute Gasteiger partial charge is 0.381 e. The van der Waals surface area contributed by atoms with Crippen molar-refractivity contribution in [1.29, 1.82) is 0 Å². The van der Waals surface area contributed by atoms with E-state index < -0.39 is 0 Å². The molecule has 1 unspecified atom stereocenters. The summed E-state index contributed by atoms with van der Waals surface area (Å²) >= 11 is 3.85. The monoisotopic (exact) mass is 230 g/mol. The van der Waals surface area contributed by atoms with Crippen LogP contribution in [0.4, 0.5) is 0 Å². The Kier molecular flexibility index (Phi) is 1.61. The van der Waals surface area contributed by atoms with E-state index in [9.17, 15) is 0 Å². The Balaban J connectivity index is 1.89. The first kappa shape index (κ1) is 7.81. The first-order valence-electron chi connectivity index (χ1n) is 5.00. The Bertz CT molecular complexity index is 204. The first-order valence-corrected chi connectivity index (χ1v) is 5.91. The molecule has 12 heavy (non-hydrogen) atoms. The topological polar surface area (TPSA) is 9.23 Å². The fraction of sp³-hybridized carbons (Fsp3) is 1.00. The highest BCUT2D eigenvalue weighted by molar-refractivity contribution is 9.09. The predicted molar refractivity (Wildman–Crippen MR) is 51.3 cm³/mol. The van der Waals surface area contributed by atoms with Crippen LogP contribution in [0.25, 0.3) is 0 Å². The molecule has 0 N–H and O–H groups in total. The summed E-state index contributed by atoms with van der Waals surface area (Å²) in [6.07, 6.45) is 4.87. The molecule has 6 atom stereocenters. The lowest BCUT2D eigenvalue weighted by Gasteiger charge is -2.31. The molecule has 0 aromatic rings. The van der Waals surface area contributed by atoms with Crippen molar-refractivity contribution in [3.8, 4) is 0 Å². The molecule has 0 aromatic heterocycles. The second-order valence-corrected chi connectivity index (χ2v) is 5.67. The maximum Gasteiger partial charge on any atom is 0.0641 e. The molecule has 1 nitrogen and oxygen atoms in total. The quantitative estimate of drug-likeness (QED) is 0.630. The van der Waals surface area contributed by atoms with E-state index in [1.54, 1.807) is 0 Å². The Morgan fingerprint density at radius 3 is 2.58 bits per heavy atom. The highest BCUT2D eigenvalue weighted by Crippen LogP contribution is 2.63. The third-order valence-electron chi connectivity index (χ3n) is 4.21. The predicted octanol–water partition coefficient (Wildman–Crippen LogP) is 2.44. The Morgan fingerprint density at radius 2 is 1.83 bits per heavy atom. The van der Waals surface area contributed by atoms with Crippen LogP contribution >= 0.6 is 15.9 Å². The zero-order valence-corrected chi connectivity index (χ0v) is 8.96. The minimum atomic E-state index is 0.582. The Hall–Kier alpha value is 0.440. The molecule has 0 aliphatic heterocycles. The summed E-state index contributed by atoms with van der Waals surface area (Å²) in [5.74, 6) is 3.76. The number of fused-ring (bicyclic) bond motifs is 4. The lowest BCUT2D eigenvalue weighted by molar-refractivity contribution is 0.0221. The number of rotatable bonds is 1. The van der Waals surface area contributed by atoms with Crippen LogP contribution in [-0.4, -0.2) is 18.0 Å². The van der Waals surface area contributed by atoms with E-state index in [2.05, 4.69) is 15.9 Å². The van der Waals surface area contributed by atoms with Crippen LogP contribution in [0.2, 0.25) is 0 Å². The molecular formula is C10H15BrO. The van der Waals surface area contributed by atoms with Crippen LogP contribution in [0.5, 0.6) is 0 Å². The molecule has 3 fully saturated rings. The second kappa shape index (κ2) is 2.48. The van der Waals surface area contributed by atoms with Crippen LogP contribution in [-0.2, 0) is 4.74 Å².